The Bertz CT molecular complexity index is 903. The number of amides is 1. The zero-order valence-electron chi connectivity index (χ0n) is 16.9. The van der Waals surface area contributed by atoms with Gasteiger partial charge in [-0.1, -0.05) is 0 Å². The highest BCUT2D eigenvalue weighted by Gasteiger charge is 2.39. The zero-order valence-corrected chi connectivity index (χ0v) is 16.9. The largest absolute Gasteiger partial charge is 0.394 e. The number of aliphatic hydroxyl groups is 1. The number of aromatic nitrogens is 4. The Morgan fingerprint density at radius 3 is 2.63 bits per heavy atom. The van der Waals surface area contributed by atoms with E-state index in [1.165, 1.54) is 6.92 Å². The molecule has 2 saturated heterocycles. The standard InChI is InChI=1S/C19H26N8O3/c1-13(29)27-3-2-19(11-27,12-28)25-16-8-15(14-9-21-17(20)22-10-14)23-18(24-16)26-4-6-30-7-5-26/h8-10,28H,2-7,11-12H2,1H3,(H2,20,21,22)(H,23,24,25)/t19-/m1/s1. The lowest BCUT2D eigenvalue weighted by molar-refractivity contribution is -0.128. The van der Waals surface area contributed by atoms with Gasteiger partial charge in [0, 0.05) is 57.1 Å². The van der Waals surface area contributed by atoms with E-state index in [0.29, 0.717) is 68.8 Å². The number of aliphatic hydroxyl groups excluding tert-OH is 1. The fourth-order valence-corrected chi connectivity index (χ4v) is 3.71. The van der Waals surface area contributed by atoms with Gasteiger partial charge in [0.05, 0.1) is 31.1 Å². The summed E-state index contributed by atoms with van der Waals surface area (Å²) in [6, 6.07) is 1.80. The Balaban J connectivity index is 1.68. The zero-order chi connectivity index (χ0) is 21.1. The van der Waals surface area contributed by atoms with E-state index in [4.69, 9.17) is 20.4 Å². The lowest BCUT2D eigenvalue weighted by Gasteiger charge is -2.31. The number of morpholine rings is 1. The molecule has 0 aliphatic carbocycles. The van der Waals surface area contributed by atoms with Crippen LogP contribution in [0.2, 0.25) is 0 Å². The lowest BCUT2D eigenvalue weighted by atomic mass is 10.00. The molecule has 2 aliphatic rings. The lowest BCUT2D eigenvalue weighted by Crippen LogP contribution is -2.46. The van der Waals surface area contributed by atoms with Crippen LogP contribution >= 0.6 is 0 Å². The molecule has 0 spiro atoms. The quantitative estimate of drug-likeness (QED) is 0.599. The number of nitrogens with two attached hydrogens (primary N) is 1. The van der Waals surface area contributed by atoms with Crippen LogP contribution in [0.15, 0.2) is 18.5 Å². The Morgan fingerprint density at radius 2 is 2.00 bits per heavy atom. The van der Waals surface area contributed by atoms with Crippen molar-refractivity contribution in [1.82, 2.24) is 24.8 Å². The molecule has 4 N–H and O–H groups in total. The number of ether oxygens (including phenoxy) is 1. The molecular formula is C19H26N8O3. The topological polar surface area (TPSA) is 143 Å². The van der Waals surface area contributed by atoms with Crippen molar-refractivity contribution in [3.05, 3.63) is 18.5 Å². The van der Waals surface area contributed by atoms with E-state index in [9.17, 15) is 9.90 Å². The van der Waals surface area contributed by atoms with Crippen molar-refractivity contribution >= 4 is 23.6 Å². The van der Waals surface area contributed by atoms with Gasteiger partial charge in [0.15, 0.2) is 0 Å². The third-order valence-electron chi connectivity index (χ3n) is 5.47. The number of nitrogen functional groups attached to an aromatic ring is 1. The molecule has 4 rings (SSSR count). The molecule has 30 heavy (non-hydrogen) atoms. The first-order valence-electron chi connectivity index (χ1n) is 9.92. The fourth-order valence-electron chi connectivity index (χ4n) is 3.71. The summed E-state index contributed by atoms with van der Waals surface area (Å²) in [6.45, 7) is 5.00. The van der Waals surface area contributed by atoms with Gasteiger partial charge in [0.25, 0.3) is 0 Å². The third-order valence-corrected chi connectivity index (χ3v) is 5.47. The highest BCUT2D eigenvalue weighted by molar-refractivity contribution is 5.74. The van der Waals surface area contributed by atoms with Gasteiger partial charge in [-0.15, -0.1) is 0 Å². The molecule has 11 heteroatoms. The van der Waals surface area contributed by atoms with Gasteiger partial charge < -0.3 is 30.7 Å². The smallest absolute Gasteiger partial charge is 0.228 e. The van der Waals surface area contributed by atoms with E-state index in [0.717, 1.165) is 0 Å². The minimum atomic E-state index is -0.656. The summed E-state index contributed by atoms with van der Waals surface area (Å²) in [4.78, 5) is 33.1. The molecule has 2 aliphatic heterocycles. The first kappa shape index (κ1) is 20.2. The van der Waals surface area contributed by atoms with E-state index in [1.54, 1.807) is 23.4 Å². The first-order chi connectivity index (χ1) is 14.5. The van der Waals surface area contributed by atoms with Gasteiger partial charge in [-0.25, -0.2) is 15.0 Å². The predicted molar refractivity (Wildman–Crippen MR) is 111 cm³/mol. The summed E-state index contributed by atoms with van der Waals surface area (Å²) >= 11 is 0. The molecule has 1 amide bonds. The van der Waals surface area contributed by atoms with Crippen molar-refractivity contribution in [3.8, 4) is 11.3 Å². The Morgan fingerprint density at radius 1 is 1.27 bits per heavy atom. The minimum absolute atomic E-state index is 0.0106. The Kier molecular flexibility index (Phi) is 5.64. The molecule has 0 radical (unpaired) electrons. The molecule has 11 nitrogen and oxygen atoms in total. The number of nitrogens with zero attached hydrogens (tertiary/aromatic N) is 6. The first-order valence-corrected chi connectivity index (χ1v) is 9.92. The second-order valence-electron chi connectivity index (χ2n) is 7.62. The maximum atomic E-state index is 11.8. The highest BCUT2D eigenvalue weighted by atomic mass is 16.5. The van der Waals surface area contributed by atoms with Gasteiger partial charge in [0.2, 0.25) is 17.8 Å². The molecule has 2 aromatic rings. The van der Waals surface area contributed by atoms with Crippen LogP contribution in [0.5, 0.6) is 0 Å². The van der Waals surface area contributed by atoms with Crippen molar-refractivity contribution in [2.75, 3.05) is 62.0 Å². The molecule has 0 unspecified atom stereocenters. The minimum Gasteiger partial charge on any atom is -0.394 e. The monoisotopic (exact) mass is 414 g/mol. The van der Waals surface area contributed by atoms with Crippen LogP contribution in [-0.4, -0.2) is 87.4 Å². The van der Waals surface area contributed by atoms with Crippen LogP contribution in [0.25, 0.3) is 11.3 Å². The van der Waals surface area contributed by atoms with Crippen LogP contribution in [0, 0.1) is 0 Å². The van der Waals surface area contributed by atoms with Gasteiger partial charge in [0.1, 0.15) is 5.82 Å². The number of hydrogen-bond acceptors (Lipinski definition) is 10. The summed E-state index contributed by atoms with van der Waals surface area (Å²) in [7, 11) is 0. The maximum Gasteiger partial charge on any atom is 0.228 e. The van der Waals surface area contributed by atoms with Crippen molar-refractivity contribution in [1.29, 1.82) is 0 Å². The maximum absolute atomic E-state index is 11.8. The highest BCUT2D eigenvalue weighted by Crippen LogP contribution is 2.29. The number of nitrogens with one attached hydrogen (secondary N) is 1. The van der Waals surface area contributed by atoms with E-state index < -0.39 is 5.54 Å². The molecule has 0 saturated carbocycles. The van der Waals surface area contributed by atoms with Crippen LogP contribution in [0.1, 0.15) is 13.3 Å². The van der Waals surface area contributed by atoms with E-state index >= 15 is 0 Å². The predicted octanol–water partition coefficient (Wildman–Crippen LogP) is -0.252. The normalized spacial score (nSPS) is 21.7. The van der Waals surface area contributed by atoms with Gasteiger partial charge in [-0.2, -0.15) is 4.98 Å². The number of anilines is 3. The molecule has 4 heterocycles. The second-order valence-corrected chi connectivity index (χ2v) is 7.62. The number of carbonyl (C=O) groups is 1. The Labute approximate surface area is 174 Å². The summed E-state index contributed by atoms with van der Waals surface area (Å²) in [5.41, 5.74) is 6.31. The number of rotatable bonds is 5. The third kappa shape index (κ3) is 4.26. The SMILES string of the molecule is CC(=O)N1CC[C@@](CO)(Nc2cc(-c3cnc(N)nc3)nc(N3CCOCC3)n2)C1. The summed E-state index contributed by atoms with van der Waals surface area (Å²) in [5.74, 6) is 1.31. The molecule has 1 atom stereocenters. The summed E-state index contributed by atoms with van der Waals surface area (Å²) < 4.78 is 5.44. The van der Waals surface area contributed by atoms with E-state index in [1.807, 2.05) is 0 Å². The molecular weight excluding hydrogens is 388 g/mol. The van der Waals surface area contributed by atoms with Crippen LogP contribution in [-0.2, 0) is 9.53 Å². The molecule has 0 aromatic carbocycles. The molecule has 2 aromatic heterocycles. The van der Waals surface area contributed by atoms with E-state index in [2.05, 4.69) is 20.2 Å². The fraction of sp³-hybridized carbons (Fsp3) is 0.526. The summed E-state index contributed by atoms with van der Waals surface area (Å²) in [6.07, 6.45) is 3.86. The van der Waals surface area contributed by atoms with Gasteiger partial charge in [-0.05, 0) is 6.42 Å². The van der Waals surface area contributed by atoms with E-state index in [-0.39, 0.29) is 18.5 Å². The number of likely N-dealkylation sites (tertiary alicyclic amines) is 1. The van der Waals surface area contributed by atoms with Crippen molar-refractivity contribution in [2.24, 2.45) is 0 Å². The number of carbonyl (C=O) groups excluding carboxylic acids is 1. The van der Waals surface area contributed by atoms with Crippen molar-refractivity contribution in [2.45, 2.75) is 18.9 Å². The van der Waals surface area contributed by atoms with Crippen LogP contribution in [0.4, 0.5) is 17.7 Å². The Hall–Kier alpha value is -3.05. The summed E-state index contributed by atoms with van der Waals surface area (Å²) in [5, 5.41) is 13.5. The second kappa shape index (κ2) is 8.36. The van der Waals surface area contributed by atoms with Crippen molar-refractivity contribution < 1.29 is 14.6 Å². The van der Waals surface area contributed by atoms with Crippen LogP contribution in [0.3, 0.4) is 0 Å². The van der Waals surface area contributed by atoms with Crippen LogP contribution < -0.4 is 16.0 Å². The number of hydrogen-bond donors (Lipinski definition) is 3. The molecule has 0 bridgehead atoms. The van der Waals surface area contributed by atoms with Crippen molar-refractivity contribution in [3.63, 3.8) is 0 Å². The average Bonchev–Trinajstić information content (AvgIpc) is 3.19. The van der Waals surface area contributed by atoms with Gasteiger partial charge >= 0.3 is 0 Å². The van der Waals surface area contributed by atoms with Gasteiger partial charge in [-0.3, -0.25) is 4.79 Å². The molecule has 2 fully saturated rings. The average molecular weight is 414 g/mol. The molecule has 160 valence electrons.